The van der Waals surface area contributed by atoms with Gasteiger partial charge in [0.2, 0.25) is 0 Å². The van der Waals surface area contributed by atoms with Gasteiger partial charge in [0.05, 0.1) is 0 Å². The molecule has 5 heteroatoms. The highest BCUT2D eigenvalue weighted by Crippen LogP contribution is 2.17. The first-order chi connectivity index (χ1) is 10.6. The molecule has 2 aromatic carbocycles. The van der Waals surface area contributed by atoms with Gasteiger partial charge in [-0.25, -0.2) is 0 Å². The van der Waals surface area contributed by atoms with Crippen LogP contribution in [-0.2, 0) is 6.61 Å². The number of nitrogens with zero attached hydrogens (tertiary/aromatic N) is 1. The summed E-state index contributed by atoms with van der Waals surface area (Å²) in [7, 11) is 1.76. The van der Waals surface area contributed by atoms with Gasteiger partial charge in [-0.05, 0) is 30.7 Å². The fourth-order valence-electron chi connectivity index (χ4n) is 2.02. The SMILES string of the molecule is CC(CN)N(C)C(=O)c1cccc(OCc2ccccc2)c1.Cl. The molecule has 2 N–H and O–H groups in total. The Morgan fingerprint density at radius 1 is 1.17 bits per heavy atom. The van der Waals surface area contributed by atoms with Crippen molar-refractivity contribution in [1.29, 1.82) is 0 Å². The van der Waals surface area contributed by atoms with Crippen LogP contribution in [0.1, 0.15) is 22.8 Å². The molecule has 0 spiro atoms. The number of amides is 1. The van der Waals surface area contributed by atoms with Gasteiger partial charge >= 0.3 is 0 Å². The summed E-state index contributed by atoms with van der Waals surface area (Å²) in [6.07, 6.45) is 0. The minimum Gasteiger partial charge on any atom is -0.489 e. The Morgan fingerprint density at radius 2 is 1.87 bits per heavy atom. The first kappa shape index (κ1) is 19.0. The van der Waals surface area contributed by atoms with Crippen molar-refractivity contribution in [3.8, 4) is 5.75 Å². The fraction of sp³-hybridized carbons (Fsp3) is 0.278. The van der Waals surface area contributed by atoms with Gasteiger partial charge in [0.25, 0.3) is 5.91 Å². The van der Waals surface area contributed by atoms with Crippen LogP contribution in [0.2, 0.25) is 0 Å². The Kier molecular flexibility index (Phi) is 7.59. The number of rotatable bonds is 6. The molecule has 23 heavy (non-hydrogen) atoms. The van der Waals surface area contributed by atoms with Crippen LogP contribution in [0, 0.1) is 0 Å². The monoisotopic (exact) mass is 334 g/mol. The Hall–Kier alpha value is -2.04. The van der Waals surface area contributed by atoms with Crippen LogP contribution in [0.25, 0.3) is 0 Å². The lowest BCUT2D eigenvalue weighted by Gasteiger charge is -2.23. The number of ether oxygens (including phenoxy) is 1. The quantitative estimate of drug-likeness (QED) is 0.883. The molecule has 4 nitrogen and oxygen atoms in total. The maximum Gasteiger partial charge on any atom is 0.254 e. The van der Waals surface area contributed by atoms with Gasteiger partial charge in [-0.1, -0.05) is 36.4 Å². The highest BCUT2D eigenvalue weighted by atomic mass is 35.5. The Morgan fingerprint density at radius 3 is 2.52 bits per heavy atom. The van der Waals surface area contributed by atoms with Gasteiger partial charge < -0.3 is 15.4 Å². The molecule has 0 aliphatic carbocycles. The van der Waals surface area contributed by atoms with Gasteiger partial charge in [-0.3, -0.25) is 4.79 Å². The van der Waals surface area contributed by atoms with Crippen LogP contribution >= 0.6 is 12.4 Å². The molecule has 0 fully saturated rings. The van der Waals surface area contributed by atoms with E-state index in [9.17, 15) is 4.79 Å². The van der Waals surface area contributed by atoms with Crippen molar-refractivity contribution in [2.24, 2.45) is 5.73 Å². The zero-order valence-corrected chi connectivity index (χ0v) is 14.3. The third-order valence-corrected chi connectivity index (χ3v) is 3.65. The average molecular weight is 335 g/mol. The predicted octanol–water partition coefficient (Wildman–Crippen LogP) is 3.11. The zero-order valence-electron chi connectivity index (χ0n) is 13.4. The smallest absolute Gasteiger partial charge is 0.254 e. The van der Waals surface area contributed by atoms with Crippen LogP contribution in [0.3, 0.4) is 0 Å². The van der Waals surface area contributed by atoms with E-state index in [0.29, 0.717) is 24.5 Å². The highest BCUT2D eigenvalue weighted by Gasteiger charge is 2.16. The topological polar surface area (TPSA) is 55.6 Å². The van der Waals surface area contributed by atoms with Crippen LogP contribution in [0.5, 0.6) is 5.75 Å². The molecule has 0 aliphatic rings. The van der Waals surface area contributed by atoms with Crippen molar-refractivity contribution in [1.82, 2.24) is 4.90 Å². The van der Waals surface area contributed by atoms with E-state index < -0.39 is 0 Å². The summed E-state index contributed by atoms with van der Waals surface area (Å²) >= 11 is 0. The number of hydrogen-bond acceptors (Lipinski definition) is 3. The van der Waals surface area contributed by atoms with Crippen molar-refractivity contribution >= 4 is 18.3 Å². The summed E-state index contributed by atoms with van der Waals surface area (Å²) in [5, 5.41) is 0. The molecule has 0 aliphatic heterocycles. The second-order valence-electron chi connectivity index (χ2n) is 5.30. The van der Waals surface area contributed by atoms with Crippen molar-refractivity contribution in [2.75, 3.05) is 13.6 Å². The van der Waals surface area contributed by atoms with E-state index in [1.807, 2.05) is 49.4 Å². The number of likely N-dealkylation sites (N-methyl/N-ethyl adjacent to an activating group) is 1. The summed E-state index contributed by atoms with van der Waals surface area (Å²) in [6, 6.07) is 17.2. The van der Waals surface area contributed by atoms with Crippen molar-refractivity contribution in [3.63, 3.8) is 0 Å². The summed E-state index contributed by atoms with van der Waals surface area (Å²) in [4.78, 5) is 14.0. The summed E-state index contributed by atoms with van der Waals surface area (Å²) in [6.45, 7) is 2.84. The van der Waals surface area contributed by atoms with E-state index in [4.69, 9.17) is 10.5 Å². The first-order valence-electron chi connectivity index (χ1n) is 7.36. The van der Waals surface area contributed by atoms with E-state index in [0.717, 1.165) is 5.56 Å². The van der Waals surface area contributed by atoms with Crippen molar-refractivity contribution in [2.45, 2.75) is 19.6 Å². The molecule has 0 bridgehead atoms. The molecular formula is C18H23ClN2O2. The van der Waals surface area contributed by atoms with E-state index in [1.165, 1.54) is 0 Å². The molecule has 124 valence electrons. The molecule has 0 aromatic heterocycles. The Bertz CT molecular complexity index is 619. The predicted molar refractivity (Wildman–Crippen MR) is 95.1 cm³/mol. The number of carbonyl (C=O) groups is 1. The van der Waals surface area contributed by atoms with Gasteiger partial charge in [0, 0.05) is 25.2 Å². The lowest BCUT2D eigenvalue weighted by molar-refractivity contribution is 0.0748. The van der Waals surface area contributed by atoms with Crippen LogP contribution < -0.4 is 10.5 Å². The molecule has 2 rings (SSSR count). The normalized spacial score (nSPS) is 11.3. The second-order valence-corrected chi connectivity index (χ2v) is 5.30. The number of halogens is 1. The molecule has 0 saturated carbocycles. The molecule has 2 aromatic rings. The molecule has 1 atom stereocenters. The Balaban J connectivity index is 0.00000264. The third kappa shape index (κ3) is 5.27. The summed E-state index contributed by atoms with van der Waals surface area (Å²) in [5.41, 5.74) is 7.31. The maximum atomic E-state index is 12.4. The number of hydrogen-bond donors (Lipinski definition) is 1. The van der Waals surface area contributed by atoms with E-state index >= 15 is 0 Å². The molecule has 0 heterocycles. The lowest BCUT2D eigenvalue weighted by atomic mass is 10.1. The van der Waals surface area contributed by atoms with Gasteiger partial charge in [-0.15, -0.1) is 12.4 Å². The Labute approximate surface area is 143 Å². The number of carbonyl (C=O) groups excluding carboxylic acids is 1. The first-order valence-corrected chi connectivity index (χ1v) is 7.36. The standard InChI is InChI=1S/C18H22N2O2.ClH/c1-14(12-19)20(2)18(21)16-9-6-10-17(11-16)22-13-15-7-4-3-5-8-15;/h3-11,14H,12-13,19H2,1-2H3;1H. The number of benzene rings is 2. The minimum atomic E-state index is -0.0527. The van der Waals surface area contributed by atoms with E-state index in [2.05, 4.69) is 0 Å². The molecule has 1 amide bonds. The van der Waals surface area contributed by atoms with E-state index in [-0.39, 0.29) is 24.4 Å². The van der Waals surface area contributed by atoms with Crippen molar-refractivity contribution in [3.05, 3.63) is 65.7 Å². The average Bonchev–Trinajstić information content (AvgIpc) is 2.59. The molecule has 0 radical (unpaired) electrons. The molecule has 1 unspecified atom stereocenters. The zero-order chi connectivity index (χ0) is 15.9. The van der Waals surface area contributed by atoms with Gasteiger partial charge in [-0.2, -0.15) is 0 Å². The molecular weight excluding hydrogens is 312 g/mol. The summed E-state index contributed by atoms with van der Waals surface area (Å²) < 4.78 is 5.75. The molecule has 0 saturated heterocycles. The maximum absolute atomic E-state index is 12.4. The van der Waals surface area contributed by atoms with Crippen LogP contribution in [0.15, 0.2) is 54.6 Å². The number of nitrogens with two attached hydrogens (primary N) is 1. The van der Waals surface area contributed by atoms with Crippen LogP contribution in [-0.4, -0.2) is 30.4 Å². The van der Waals surface area contributed by atoms with E-state index in [1.54, 1.807) is 24.1 Å². The fourth-order valence-corrected chi connectivity index (χ4v) is 2.02. The minimum absolute atomic E-state index is 0. The highest BCUT2D eigenvalue weighted by molar-refractivity contribution is 5.94. The second kappa shape index (κ2) is 9.18. The summed E-state index contributed by atoms with van der Waals surface area (Å²) in [5.74, 6) is 0.631. The largest absolute Gasteiger partial charge is 0.489 e. The lowest BCUT2D eigenvalue weighted by Crippen LogP contribution is -2.39. The van der Waals surface area contributed by atoms with Gasteiger partial charge in [0.15, 0.2) is 0 Å². The van der Waals surface area contributed by atoms with Crippen molar-refractivity contribution < 1.29 is 9.53 Å². The third-order valence-electron chi connectivity index (χ3n) is 3.65. The van der Waals surface area contributed by atoms with Crippen LogP contribution in [0.4, 0.5) is 0 Å². The van der Waals surface area contributed by atoms with Gasteiger partial charge in [0.1, 0.15) is 12.4 Å².